The van der Waals surface area contributed by atoms with E-state index in [-0.39, 0.29) is 12.1 Å². The van der Waals surface area contributed by atoms with Crippen molar-refractivity contribution in [2.45, 2.75) is 51.0 Å². The van der Waals surface area contributed by atoms with Crippen LogP contribution in [0.5, 0.6) is 0 Å². The topological polar surface area (TPSA) is 69.7 Å². The monoisotopic (exact) mass is 367 g/mol. The van der Waals surface area contributed by atoms with Gasteiger partial charge in [0.1, 0.15) is 0 Å². The number of amides is 2. The first kappa shape index (κ1) is 19.7. The quantitative estimate of drug-likeness (QED) is 0.870. The van der Waals surface area contributed by atoms with Gasteiger partial charge in [-0.2, -0.15) is 4.31 Å². The van der Waals surface area contributed by atoms with E-state index in [9.17, 15) is 13.2 Å². The van der Waals surface area contributed by atoms with Gasteiger partial charge in [-0.3, -0.25) is 0 Å². The summed E-state index contributed by atoms with van der Waals surface area (Å²) in [7, 11) is -3.51. The van der Waals surface area contributed by atoms with Gasteiger partial charge in [-0.15, -0.1) is 0 Å². The normalized spacial score (nSPS) is 17.6. The van der Waals surface area contributed by atoms with Gasteiger partial charge in [-0.1, -0.05) is 26.0 Å². The minimum absolute atomic E-state index is 0.0679. The number of carbonyl (C=O) groups excluding carboxylic acids is 1. The zero-order chi connectivity index (χ0) is 18.6. The van der Waals surface area contributed by atoms with Gasteiger partial charge in [0.05, 0.1) is 4.90 Å². The molecule has 1 aromatic carbocycles. The third-order valence-corrected chi connectivity index (χ3v) is 6.55. The average Bonchev–Trinajstić information content (AvgIpc) is 2.60. The highest BCUT2D eigenvalue weighted by Crippen LogP contribution is 2.23. The molecular weight excluding hydrogens is 338 g/mol. The van der Waals surface area contributed by atoms with Crippen LogP contribution in [-0.2, 0) is 10.0 Å². The molecule has 0 spiro atoms. The maximum Gasteiger partial charge on any atom is 0.317 e. The molecule has 1 fully saturated rings. The van der Waals surface area contributed by atoms with E-state index >= 15 is 0 Å². The predicted molar refractivity (Wildman–Crippen MR) is 99.1 cm³/mol. The van der Waals surface area contributed by atoms with Crippen molar-refractivity contribution in [2.24, 2.45) is 0 Å². The Bertz CT molecular complexity index is 678. The van der Waals surface area contributed by atoms with Crippen LogP contribution in [0.25, 0.3) is 0 Å². The van der Waals surface area contributed by atoms with E-state index < -0.39 is 10.0 Å². The van der Waals surface area contributed by atoms with Crippen molar-refractivity contribution >= 4 is 16.1 Å². The summed E-state index contributed by atoms with van der Waals surface area (Å²) in [5.41, 5.74) is 1.15. The van der Waals surface area contributed by atoms with Gasteiger partial charge in [-0.05, 0) is 43.9 Å². The Morgan fingerprint density at radius 3 is 2.12 bits per heavy atom. The van der Waals surface area contributed by atoms with Crippen LogP contribution in [0.15, 0.2) is 29.2 Å². The lowest BCUT2D eigenvalue weighted by Crippen LogP contribution is -2.53. The molecule has 2 rings (SSSR count). The fourth-order valence-corrected chi connectivity index (χ4v) is 4.25. The van der Waals surface area contributed by atoms with Gasteiger partial charge < -0.3 is 10.2 Å². The molecule has 0 aliphatic carbocycles. The molecule has 0 bridgehead atoms. The lowest BCUT2D eigenvalue weighted by atomic mass is 9.99. The van der Waals surface area contributed by atoms with Crippen molar-refractivity contribution in [3.05, 3.63) is 29.8 Å². The Balaban J connectivity index is 2.03. The zero-order valence-corrected chi connectivity index (χ0v) is 16.3. The lowest BCUT2D eigenvalue weighted by molar-refractivity contribution is 0.170. The average molecular weight is 368 g/mol. The van der Waals surface area contributed by atoms with Gasteiger partial charge in [0, 0.05) is 32.2 Å². The van der Waals surface area contributed by atoms with Crippen molar-refractivity contribution < 1.29 is 13.2 Å². The predicted octanol–water partition coefficient (Wildman–Crippen LogP) is 2.62. The number of urea groups is 1. The minimum atomic E-state index is -3.51. The number of sulfonamides is 1. The van der Waals surface area contributed by atoms with Crippen molar-refractivity contribution in [3.63, 3.8) is 0 Å². The standard InChI is InChI=1S/C18H29N3O3S/c1-5-15(4)16-6-8-17(9-7-16)25(23,24)21-12-10-20(11-13-21)18(22)19-14(2)3/h6-9,14-15H,5,10-13H2,1-4H3,(H,19,22). The van der Waals surface area contributed by atoms with Crippen LogP contribution < -0.4 is 5.32 Å². The number of hydrogen-bond donors (Lipinski definition) is 1. The first-order chi connectivity index (χ1) is 11.8. The number of benzene rings is 1. The molecule has 0 aromatic heterocycles. The summed E-state index contributed by atoms with van der Waals surface area (Å²) in [4.78, 5) is 14.0. The van der Waals surface area contributed by atoms with E-state index in [4.69, 9.17) is 0 Å². The molecule has 1 aromatic rings. The van der Waals surface area contributed by atoms with Crippen molar-refractivity contribution in [1.29, 1.82) is 0 Å². The van der Waals surface area contributed by atoms with Gasteiger partial charge in [0.25, 0.3) is 0 Å². The summed E-state index contributed by atoms with van der Waals surface area (Å²) in [5.74, 6) is 0.416. The molecule has 140 valence electrons. The number of hydrogen-bond acceptors (Lipinski definition) is 3. The van der Waals surface area contributed by atoms with Crippen LogP contribution in [0, 0.1) is 0 Å². The summed E-state index contributed by atoms with van der Waals surface area (Å²) in [6.07, 6.45) is 1.02. The van der Waals surface area contributed by atoms with E-state index in [2.05, 4.69) is 19.2 Å². The summed E-state index contributed by atoms with van der Waals surface area (Å²) >= 11 is 0. The molecule has 25 heavy (non-hydrogen) atoms. The Kier molecular flexibility index (Phi) is 6.46. The summed E-state index contributed by atoms with van der Waals surface area (Å²) in [6, 6.07) is 7.10. The van der Waals surface area contributed by atoms with Crippen molar-refractivity contribution in [2.75, 3.05) is 26.2 Å². The number of nitrogens with zero attached hydrogens (tertiary/aromatic N) is 2. The summed E-state index contributed by atoms with van der Waals surface area (Å²) < 4.78 is 27.1. The van der Waals surface area contributed by atoms with Crippen LogP contribution in [0.4, 0.5) is 4.79 Å². The minimum Gasteiger partial charge on any atom is -0.336 e. The molecule has 1 unspecified atom stereocenters. The second-order valence-corrected chi connectivity index (χ2v) is 8.81. The number of piperazine rings is 1. The molecule has 1 N–H and O–H groups in total. The molecule has 0 saturated carbocycles. The maximum absolute atomic E-state index is 12.8. The first-order valence-corrected chi connectivity index (χ1v) is 10.3. The van der Waals surface area contributed by atoms with Gasteiger partial charge in [-0.25, -0.2) is 13.2 Å². The van der Waals surface area contributed by atoms with Crippen molar-refractivity contribution in [1.82, 2.24) is 14.5 Å². The van der Waals surface area contributed by atoms with Crippen LogP contribution in [0.3, 0.4) is 0 Å². The Morgan fingerprint density at radius 1 is 1.08 bits per heavy atom. The Morgan fingerprint density at radius 2 is 1.64 bits per heavy atom. The Hall–Kier alpha value is -1.60. The molecule has 2 amide bonds. The summed E-state index contributed by atoms with van der Waals surface area (Å²) in [5, 5.41) is 2.84. The van der Waals surface area contributed by atoms with E-state index in [0.29, 0.717) is 37.0 Å². The van der Waals surface area contributed by atoms with Gasteiger partial charge in [0.2, 0.25) is 10.0 Å². The molecule has 1 saturated heterocycles. The van der Waals surface area contributed by atoms with Crippen LogP contribution in [0.2, 0.25) is 0 Å². The van der Waals surface area contributed by atoms with E-state index in [1.807, 2.05) is 26.0 Å². The van der Waals surface area contributed by atoms with E-state index in [1.165, 1.54) is 4.31 Å². The van der Waals surface area contributed by atoms with E-state index in [0.717, 1.165) is 12.0 Å². The fourth-order valence-electron chi connectivity index (χ4n) is 2.82. The molecule has 1 aliphatic rings. The molecular formula is C18H29N3O3S. The Labute approximate surface area is 151 Å². The smallest absolute Gasteiger partial charge is 0.317 e. The molecule has 6 nitrogen and oxygen atoms in total. The van der Waals surface area contributed by atoms with Crippen molar-refractivity contribution in [3.8, 4) is 0 Å². The SMILES string of the molecule is CCC(C)c1ccc(S(=O)(=O)N2CCN(C(=O)NC(C)C)CC2)cc1. The number of carbonyl (C=O) groups is 1. The fraction of sp³-hybridized carbons (Fsp3) is 0.611. The van der Waals surface area contributed by atoms with E-state index in [1.54, 1.807) is 17.0 Å². The zero-order valence-electron chi connectivity index (χ0n) is 15.5. The van der Waals surface area contributed by atoms with Crippen LogP contribution in [0.1, 0.15) is 45.6 Å². The van der Waals surface area contributed by atoms with Crippen LogP contribution >= 0.6 is 0 Å². The second-order valence-electron chi connectivity index (χ2n) is 6.87. The third-order valence-electron chi connectivity index (χ3n) is 4.64. The van der Waals surface area contributed by atoms with Gasteiger partial charge >= 0.3 is 6.03 Å². The van der Waals surface area contributed by atoms with Gasteiger partial charge in [0.15, 0.2) is 0 Å². The molecule has 0 radical (unpaired) electrons. The highest BCUT2D eigenvalue weighted by molar-refractivity contribution is 7.89. The number of nitrogens with one attached hydrogen (secondary N) is 1. The second kappa shape index (κ2) is 8.19. The lowest BCUT2D eigenvalue weighted by Gasteiger charge is -2.34. The maximum atomic E-state index is 12.8. The van der Waals surface area contributed by atoms with Crippen LogP contribution in [-0.4, -0.2) is 55.9 Å². The molecule has 1 atom stereocenters. The first-order valence-electron chi connectivity index (χ1n) is 8.91. The number of rotatable bonds is 5. The molecule has 1 heterocycles. The summed E-state index contributed by atoms with van der Waals surface area (Å²) in [6.45, 7) is 9.51. The largest absolute Gasteiger partial charge is 0.336 e. The molecule has 1 aliphatic heterocycles. The third kappa shape index (κ3) is 4.73. The highest BCUT2D eigenvalue weighted by atomic mass is 32.2. The highest BCUT2D eigenvalue weighted by Gasteiger charge is 2.30. The molecule has 7 heteroatoms.